The Bertz CT molecular complexity index is 4480. The molecule has 12 aromatic rings. The summed E-state index contributed by atoms with van der Waals surface area (Å²) in [7, 11) is 0. The molecule has 0 radical (unpaired) electrons. The van der Waals surface area contributed by atoms with E-state index < -0.39 is 23.5 Å². The summed E-state index contributed by atoms with van der Waals surface area (Å²) in [6, 6.07) is 55.1. The van der Waals surface area contributed by atoms with Crippen LogP contribution in [0.1, 0.15) is 105 Å². The van der Waals surface area contributed by atoms with Crippen LogP contribution < -0.4 is 6.15 Å². The number of benzene rings is 9. The normalized spacial score (nSPS) is 11.4. The number of imidazole rings is 1. The number of carbonyl (C=O) groups is 5. The Labute approximate surface area is 559 Å². The number of carboxylic acids is 2. The summed E-state index contributed by atoms with van der Waals surface area (Å²) >= 11 is 13.9. The molecule has 0 fully saturated rings. The van der Waals surface area contributed by atoms with Crippen molar-refractivity contribution in [1.82, 2.24) is 36.5 Å². The SMILES string of the molecule is C.CC(=O)O.CC(=O)O.CC(C)(C)c1ccc(-c2nnc(-c3ccc(-c4nc5c6cc(Br)ccc6c6ccc(Br)cc6c5[nH]4)cc3)o2)cc1.CC(C)(C)c1ccc(-c2nnc(-c3ccc(C=O)cc3)o2)cc1.N.O=C1C(=O)c2cc(Br)ccc2-c2ccc(Br)cc21. The van der Waals surface area contributed by atoms with Gasteiger partial charge in [-0.3, -0.25) is 24.0 Å². The third-order valence-corrected chi connectivity index (χ3v) is 15.9. The lowest BCUT2D eigenvalue weighted by molar-refractivity contribution is -0.135. The van der Waals surface area contributed by atoms with Crippen molar-refractivity contribution in [2.24, 2.45) is 0 Å². The summed E-state index contributed by atoms with van der Waals surface area (Å²) in [6.07, 6.45) is 0.805. The number of aromatic amines is 1. The summed E-state index contributed by atoms with van der Waals surface area (Å²) in [5, 5.41) is 36.2. The predicted octanol–water partition coefficient (Wildman–Crippen LogP) is 19.8. The highest BCUT2D eigenvalue weighted by molar-refractivity contribution is 9.11. The molecule has 3 aromatic heterocycles. The van der Waals surface area contributed by atoms with Crippen molar-refractivity contribution in [1.29, 1.82) is 0 Å². The molecule has 0 atom stereocenters. The van der Waals surface area contributed by atoms with Crippen LogP contribution in [0.3, 0.4) is 0 Å². The zero-order valence-corrected chi connectivity index (χ0v) is 56.3. The third kappa shape index (κ3) is 16.5. The predicted molar refractivity (Wildman–Crippen MR) is 373 cm³/mol. The maximum atomic E-state index is 12.1. The Balaban J connectivity index is 0.000000196. The van der Waals surface area contributed by atoms with Gasteiger partial charge in [-0.25, -0.2) is 4.98 Å². The number of hydrogen-bond acceptors (Lipinski definition) is 13. The van der Waals surface area contributed by atoms with E-state index in [1.54, 1.807) is 36.4 Å². The minimum Gasteiger partial charge on any atom is -0.481 e. The van der Waals surface area contributed by atoms with Gasteiger partial charge >= 0.3 is 0 Å². The van der Waals surface area contributed by atoms with Crippen molar-refractivity contribution in [2.75, 3.05) is 0 Å². The molecule has 20 heteroatoms. The molecule has 91 heavy (non-hydrogen) atoms. The lowest BCUT2D eigenvalue weighted by Gasteiger charge is -2.18. The number of hydrogen-bond donors (Lipinski definition) is 4. The van der Waals surface area contributed by atoms with Gasteiger partial charge < -0.3 is 30.2 Å². The van der Waals surface area contributed by atoms with Crippen molar-refractivity contribution in [3.05, 3.63) is 216 Å². The van der Waals surface area contributed by atoms with Crippen molar-refractivity contribution in [3.63, 3.8) is 0 Å². The smallest absolute Gasteiger partial charge is 0.300 e. The monoisotopic (exact) mass is 1470 g/mol. The Morgan fingerprint density at radius 3 is 1.14 bits per heavy atom. The van der Waals surface area contributed by atoms with E-state index in [0.29, 0.717) is 40.3 Å². The molecule has 16 nitrogen and oxygen atoms in total. The summed E-state index contributed by atoms with van der Waals surface area (Å²) in [6.45, 7) is 15.3. The first-order chi connectivity index (χ1) is 42.3. The molecule has 0 amide bonds. The van der Waals surface area contributed by atoms with Crippen LogP contribution in [0, 0.1) is 0 Å². The van der Waals surface area contributed by atoms with E-state index in [1.807, 2.05) is 72.8 Å². The number of nitrogens with one attached hydrogen (secondary N) is 1. The number of carboxylic acid groups (broad SMARTS) is 2. The van der Waals surface area contributed by atoms with Gasteiger partial charge in [0.25, 0.3) is 11.9 Å². The average Bonchev–Trinajstić information content (AvgIpc) is 1.67. The third-order valence-electron chi connectivity index (χ3n) is 14.0. The van der Waals surface area contributed by atoms with Crippen LogP contribution in [-0.4, -0.2) is 70.4 Å². The van der Waals surface area contributed by atoms with E-state index in [-0.39, 0.29) is 24.4 Å². The van der Waals surface area contributed by atoms with Crippen molar-refractivity contribution in [2.45, 2.75) is 73.6 Å². The minimum atomic E-state index is -0.833. The van der Waals surface area contributed by atoms with Crippen molar-refractivity contribution >= 4 is 126 Å². The second-order valence-corrected chi connectivity index (χ2v) is 26.2. The molecule has 0 aliphatic heterocycles. The maximum absolute atomic E-state index is 12.1. The average molecular weight is 1480 g/mol. The number of nitrogens with zero attached hydrogens (tertiary/aromatic N) is 5. The highest BCUT2D eigenvalue weighted by Gasteiger charge is 2.30. The lowest BCUT2D eigenvalue weighted by atomic mass is 9.84. The van der Waals surface area contributed by atoms with Gasteiger partial charge in [0.1, 0.15) is 12.1 Å². The second kappa shape index (κ2) is 29.4. The second-order valence-electron chi connectivity index (χ2n) is 22.6. The Hall–Kier alpha value is -8.92. The molecule has 1 aliphatic rings. The van der Waals surface area contributed by atoms with Gasteiger partial charge in [-0.05, 0) is 141 Å². The fraction of sp³-hybridized carbons (Fsp3) is 0.155. The van der Waals surface area contributed by atoms with Crippen LogP contribution in [0.15, 0.2) is 197 Å². The van der Waals surface area contributed by atoms with Crippen LogP contribution in [0.2, 0.25) is 0 Å². The highest BCUT2D eigenvalue weighted by Crippen LogP contribution is 2.40. The van der Waals surface area contributed by atoms with Gasteiger partial charge in [0.05, 0.1) is 11.0 Å². The largest absolute Gasteiger partial charge is 0.481 e. The first-order valence-electron chi connectivity index (χ1n) is 27.6. The molecule has 6 N–H and O–H groups in total. The van der Waals surface area contributed by atoms with Crippen LogP contribution in [-0.2, 0) is 20.4 Å². The first kappa shape index (κ1) is 69.6. The van der Waals surface area contributed by atoms with Crippen LogP contribution in [0.5, 0.6) is 0 Å². The quantitative estimate of drug-likeness (QED) is 0.0685. The number of aldehydes is 1. The van der Waals surface area contributed by atoms with Crippen LogP contribution in [0.25, 0.3) is 101 Å². The molecule has 9 aromatic carbocycles. The Morgan fingerprint density at radius 2 is 0.769 bits per heavy atom. The molecule has 0 saturated carbocycles. The molecule has 3 heterocycles. The number of carbonyl (C=O) groups excluding carboxylic acids is 3. The van der Waals surface area contributed by atoms with E-state index in [1.165, 1.54) is 21.9 Å². The summed E-state index contributed by atoms with van der Waals surface area (Å²) in [4.78, 5) is 61.5. The van der Waals surface area contributed by atoms with Gasteiger partial charge in [0.2, 0.25) is 35.1 Å². The van der Waals surface area contributed by atoms with Gasteiger partial charge in [0.15, 0.2) is 0 Å². The number of Topliss-reactive ketones (excluding diaryl/α,β-unsaturated/α-hetero) is 2. The maximum Gasteiger partial charge on any atom is 0.300 e. The van der Waals surface area contributed by atoms with Gasteiger partial charge in [-0.2, -0.15) is 0 Å². The highest BCUT2D eigenvalue weighted by atomic mass is 79.9. The zero-order valence-electron chi connectivity index (χ0n) is 50.0. The number of aromatic nitrogens is 6. The van der Waals surface area contributed by atoms with Crippen LogP contribution in [0.4, 0.5) is 0 Å². The first-order valence-corrected chi connectivity index (χ1v) is 30.8. The Kier molecular flexibility index (Phi) is 22.4. The van der Waals surface area contributed by atoms with Gasteiger partial charge in [-0.1, -0.05) is 185 Å². The molecule has 0 unspecified atom stereocenters. The van der Waals surface area contributed by atoms with E-state index >= 15 is 0 Å². The van der Waals surface area contributed by atoms with E-state index in [2.05, 4.69) is 191 Å². The number of fused-ring (bicyclic) bond motifs is 9. The standard InChI is InChI=1S/C33H24Br2N4O.C19H18N2O2.C14H6Br2O2.2C2H4O2.CH4.H3N/c1-33(2,3)21-10-8-20(9-11-21)32-39-38-31(40-32)19-6-4-18(5-7-19)30-36-28-26-16-22(34)12-14-24(26)25-15-13-23(35)17-27(25)29(28)37-30;1-19(2,3)16-10-8-15(9-11-16)18-21-20-17(23-18)14-6-4-13(12-22)5-7-14;15-7-1-3-9-10-4-2-8(16)6-12(10)14(18)13(17)11(9)5-7;2*1-2(3)4;;/h4-17H,1-3H3,(H,36,37);4-12H,1-3H3;1-6H;2*1H3,(H,3,4);1H4;1H3. The van der Waals surface area contributed by atoms with E-state index in [0.717, 1.165) is 105 Å². The minimum absolute atomic E-state index is 0. The molecule has 0 spiro atoms. The van der Waals surface area contributed by atoms with E-state index in [4.69, 9.17) is 33.6 Å². The van der Waals surface area contributed by atoms with E-state index in [9.17, 15) is 14.4 Å². The molecule has 0 saturated heterocycles. The van der Waals surface area contributed by atoms with Crippen molar-refractivity contribution in [3.8, 4) is 68.3 Å². The van der Waals surface area contributed by atoms with Crippen molar-refractivity contribution < 1.29 is 43.0 Å². The number of H-pyrrole nitrogens is 1. The molecule has 464 valence electrons. The molecule has 1 aliphatic carbocycles. The number of halogens is 4. The molecule has 0 bridgehead atoms. The number of rotatable bonds is 6. The zero-order chi connectivity index (χ0) is 64.1. The topological polar surface area (TPSA) is 267 Å². The molecular weight excluding hydrogens is 1410 g/mol. The van der Waals surface area contributed by atoms with Gasteiger partial charge in [0, 0.05) is 87.0 Å². The molecule has 13 rings (SSSR count). The summed E-state index contributed by atoms with van der Waals surface area (Å²) in [5.74, 6) is 0.164. The lowest BCUT2D eigenvalue weighted by Crippen LogP contribution is -2.21. The molecular formula is C71H63Br4N7O9. The summed E-state index contributed by atoms with van der Waals surface area (Å²) in [5.41, 5.74) is 12.3. The Morgan fingerprint density at radius 1 is 0.451 bits per heavy atom. The number of ketones is 2. The summed E-state index contributed by atoms with van der Waals surface area (Å²) < 4.78 is 15.4. The van der Waals surface area contributed by atoms with Crippen LogP contribution >= 0.6 is 63.7 Å². The fourth-order valence-electron chi connectivity index (χ4n) is 9.54. The fourth-order valence-corrected chi connectivity index (χ4v) is 11.0. The number of aliphatic carboxylic acids is 2. The van der Waals surface area contributed by atoms with Gasteiger partial charge in [-0.15, -0.1) is 20.4 Å².